The number of benzene rings is 1. The van der Waals surface area contributed by atoms with Gasteiger partial charge in [-0.2, -0.15) is 10.1 Å². The number of carbonyl (C=O) groups excluding carboxylic acids is 1. The zero-order valence-corrected chi connectivity index (χ0v) is 22.5. The normalized spacial score (nSPS) is 18.0. The van der Waals surface area contributed by atoms with Crippen LogP contribution in [0.3, 0.4) is 0 Å². The molecule has 0 spiro atoms. The van der Waals surface area contributed by atoms with Gasteiger partial charge < -0.3 is 9.26 Å². The van der Waals surface area contributed by atoms with Crippen LogP contribution in [-0.4, -0.2) is 50.3 Å². The van der Waals surface area contributed by atoms with Gasteiger partial charge in [0, 0.05) is 18.3 Å². The first kappa shape index (κ1) is 26.7. The van der Waals surface area contributed by atoms with Gasteiger partial charge in [-0.25, -0.2) is 32.2 Å². The Hall–Kier alpha value is -3.94. The number of nitrogens with one attached hydrogen (secondary N) is 1. The number of aromatic nitrogens is 6. The second-order valence-electron chi connectivity index (χ2n) is 9.70. The summed E-state index contributed by atoms with van der Waals surface area (Å²) in [7, 11) is -4.20. The highest BCUT2D eigenvalue weighted by atomic mass is 32.2. The lowest BCUT2D eigenvalue weighted by molar-refractivity contribution is -0.119. The monoisotopic (exact) mass is 557 g/mol. The fraction of sp³-hybridized carbons (Fsp3) is 0.440. The second-order valence-corrected chi connectivity index (χ2v) is 11.4. The van der Waals surface area contributed by atoms with Crippen LogP contribution in [0.2, 0.25) is 0 Å². The van der Waals surface area contributed by atoms with E-state index in [1.807, 2.05) is 18.6 Å². The summed E-state index contributed by atoms with van der Waals surface area (Å²) in [5.41, 5.74) is 0.283. The van der Waals surface area contributed by atoms with Crippen molar-refractivity contribution in [3.8, 4) is 11.6 Å². The number of hydrogen-bond acceptors (Lipinski definition) is 10. The van der Waals surface area contributed by atoms with Gasteiger partial charge in [-0.15, -0.1) is 0 Å². The first-order chi connectivity index (χ1) is 18.7. The number of rotatable bonds is 8. The van der Waals surface area contributed by atoms with Crippen molar-refractivity contribution in [3.63, 3.8) is 0 Å². The summed E-state index contributed by atoms with van der Waals surface area (Å²) >= 11 is 0. The Bertz CT molecular complexity index is 1610. The molecule has 206 valence electrons. The molecular weight excluding hydrogens is 529 g/mol. The third-order valence-corrected chi connectivity index (χ3v) is 8.00. The molecule has 0 unspecified atom stereocenters. The van der Waals surface area contributed by atoms with Crippen molar-refractivity contribution >= 4 is 27.0 Å². The smallest absolute Gasteiger partial charge is 0.264 e. The van der Waals surface area contributed by atoms with E-state index in [4.69, 9.17) is 9.26 Å². The SMILES string of the molecule is CCC(=O)NS(=O)(=O)c1ccc(-n2ncc3c(OC4CCC(c5nc(C(C)C)no5)CC4)ncnc32)c(F)c1. The summed E-state index contributed by atoms with van der Waals surface area (Å²) in [5, 5.41) is 8.80. The van der Waals surface area contributed by atoms with Crippen molar-refractivity contribution in [1.29, 1.82) is 0 Å². The van der Waals surface area contributed by atoms with E-state index < -0.39 is 21.7 Å². The van der Waals surface area contributed by atoms with E-state index in [-0.39, 0.29) is 34.9 Å². The highest BCUT2D eigenvalue weighted by Gasteiger charge is 2.29. The molecule has 1 aromatic carbocycles. The van der Waals surface area contributed by atoms with E-state index in [1.54, 1.807) is 0 Å². The fourth-order valence-corrected chi connectivity index (χ4v) is 5.50. The van der Waals surface area contributed by atoms with E-state index in [1.165, 1.54) is 36.3 Å². The quantitative estimate of drug-likeness (QED) is 0.338. The lowest BCUT2D eigenvalue weighted by Crippen LogP contribution is -2.29. The number of halogens is 1. The minimum atomic E-state index is -4.20. The fourth-order valence-electron chi connectivity index (χ4n) is 4.43. The van der Waals surface area contributed by atoms with Gasteiger partial charge in [0.05, 0.1) is 11.1 Å². The Balaban J connectivity index is 1.32. The first-order valence-electron chi connectivity index (χ1n) is 12.7. The van der Waals surface area contributed by atoms with E-state index in [9.17, 15) is 13.2 Å². The highest BCUT2D eigenvalue weighted by molar-refractivity contribution is 7.90. The molecule has 4 aromatic rings. The molecule has 0 radical (unpaired) electrons. The third-order valence-electron chi connectivity index (χ3n) is 6.63. The standard InChI is InChI=1S/C25H28FN7O5S/c1-4-21(34)32-39(35,36)17-9-10-20(19(26)11-17)33-23-18(12-29-33)25(28-13-27-23)37-16-7-5-15(6-8-16)24-30-22(14(2)3)31-38-24/h9-16H,4-8H2,1-3H3,(H,32,34). The molecule has 0 bridgehead atoms. The lowest BCUT2D eigenvalue weighted by Gasteiger charge is -2.26. The molecule has 14 heteroatoms. The van der Waals surface area contributed by atoms with E-state index in [0.29, 0.717) is 28.6 Å². The number of sulfonamides is 1. The number of hydrogen-bond donors (Lipinski definition) is 1. The minimum Gasteiger partial charge on any atom is -0.474 e. The van der Waals surface area contributed by atoms with Crippen molar-refractivity contribution in [3.05, 3.63) is 48.3 Å². The van der Waals surface area contributed by atoms with Gasteiger partial charge in [-0.1, -0.05) is 25.9 Å². The van der Waals surface area contributed by atoms with Gasteiger partial charge in [0.1, 0.15) is 29.3 Å². The molecule has 0 saturated heterocycles. The Labute approximate surface area is 224 Å². The molecule has 1 fully saturated rings. The van der Waals surface area contributed by atoms with Gasteiger partial charge in [-0.3, -0.25) is 4.79 Å². The Morgan fingerprint density at radius 2 is 2.00 bits per heavy atom. The average Bonchev–Trinajstić information content (AvgIpc) is 3.58. The molecule has 3 aromatic heterocycles. The van der Waals surface area contributed by atoms with Crippen LogP contribution in [0.15, 0.2) is 40.1 Å². The average molecular weight is 558 g/mol. The molecule has 1 amide bonds. The topological polar surface area (TPSA) is 155 Å². The number of carbonyl (C=O) groups is 1. The van der Waals surface area contributed by atoms with Crippen molar-refractivity contribution in [2.75, 3.05) is 0 Å². The molecular formula is C25H28FN7O5S. The molecule has 0 atom stereocenters. The largest absolute Gasteiger partial charge is 0.474 e. The van der Waals surface area contributed by atoms with Crippen molar-refractivity contribution < 1.29 is 26.9 Å². The van der Waals surface area contributed by atoms with Crippen molar-refractivity contribution in [2.24, 2.45) is 0 Å². The van der Waals surface area contributed by atoms with Crippen LogP contribution in [0.4, 0.5) is 4.39 Å². The van der Waals surface area contributed by atoms with Gasteiger partial charge in [0.25, 0.3) is 10.0 Å². The molecule has 1 aliphatic carbocycles. The Morgan fingerprint density at radius 1 is 1.23 bits per heavy atom. The molecule has 1 N–H and O–H groups in total. The zero-order chi connectivity index (χ0) is 27.7. The molecule has 39 heavy (non-hydrogen) atoms. The van der Waals surface area contributed by atoms with Crippen LogP contribution in [-0.2, 0) is 14.8 Å². The first-order valence-corrected chi connectivity index (χ1v) is 14.2. The maximum Gasteiger partial charge on any atom is 0.264 e. The third kappa shape index (κ3) is 5.46. The molecule has 3 heterocycles. The number of ether oxygens (including phenoxy) is 1. The van der Waals surface area contributed by atoms with Crippen LogP contribution >= 0.6 is 0 Å². The summed E-state index contributed by atoms with van der Waals surface area (Å²) in [6, 6.07) is 3.29. The predicted octanol–water partition coefficient (Wildman–Crippen LogP) is 3.78. The summed E-state index contributed by atoms with van der Waals surface area (Å²) in [6.45, 7) is 5.56. The molecule has 12 nitrogen and oxygen atoms in total. The maximum atomic E-state index is 15.1. The predicted molar refractivity (Wildman–Crippen MR) is 136 cm³/mol. The van der Waals surface area contributed by atoms with Gasteiger partial charge in [0.15, 0.2) is 11.5 Å². The van der Waals surface area contributed by atoms with Gasteiger partial charge >= 0.3 is 0 Å². The van der Waals surface area contributed by atoms with E-state index in [2.05, 4.69) is 25.2 Å². The summed E-state index contributed by atoms with van der Waals surface area (Å²) in [5.74, 6) is 0.546. The molecule has 1 aliphatic rings. The highest BCUT2D eigenvalue weighted by Crippen LogP contribution is 2.35. The molecule has 0 aliphatic heterocycles. The van der Waals surface area contributed by atoms with E-state index >= 15 is 4.39 Å². The van der Waals surface area contributed by atoms with Crippen molar-refractivity contribution in [1.82, 2.24) is 34.6 Å². The molecule has 1 saturated carbocycles. The summed E-state index contributed by atoms with van der Waals surface area (Å²) < 4.78 is 54.6. The van der Waals surface area contributed by atoms with Crippen LogP contribution < -0.4 is 9.46 Å². The second kappa shape index (κ2) is 10.7. The summed E-state index contributed by atoms with van der Waals surface area (Å²) in [4.78, 5) is 24.2. The number of nitrogens with zero attached hydrogens (tertiary/aromatic N) is 6. The Kier molecular flexibility index (Phi) is 7.30. The van der Waals surface area contributed by atoms with Crippen LogP contribution in [0.25, 0.3) is 16.7 Å². The number of fused-ring (bicyclic) bond motifs is 1. The zero-order valence-electron chi connectivity index (χ0n) is 21.7. The number of amides is 1. The van der Waals surface area contributed by atoms with E-state index in [0.717, 1.165) is 31.7 Å². The minimum absolute atomic E-state index is 0.0174. The molecule has 5 rings (SSSR count). The van der Waals surface area contributed by atoms with Gasteiger partial charge in [-0.05, 0) is 43.9 Å². The lowest BCUT2D eigenvalue weighted by atomic mass is 9.87. The van der Waals surface area contributed by atoms with Crippen LogP contribution in [0, 0.1) is 5.82 Å². The van der Waals surface area contributed by atoms with Crippen LogP contribution in [0.1, 0.15) is 76.4 Å². The van der Waals surface area contributed by atoms with Crippen LogP contribution in [0.5, 0.6) is 5.88 Å². The maximum absolute atomic E-state index is 15.1. The summed E-state index contributed by atoms with van der Waals surface area (Å²) in [6.07, 6.45) is 5.87. The van der Waals surface area contributed by atoms with Gasteiger partial charge in [0.2, 0.25) is 17.7 Å². The van der Waals surface area contributed by atoms with Crippen molar-refractivity contribution in [2.45, 2.75) is 75.7 Å². The Morgan fingerprint density at radius 3 is 2.67 bits per heavy atom.